The van der Waals surface area contributed by atoms with Crippen molar-refractivity contribution >= 4 is 11.9 Å². The van der Waals surface area contributed by atoms with E-state index in [2.05, 4.69) is 5.32 Å². The summed E-state index contributed by atoms with van der Waals surface area (Å²) in [4.78, 5) is 20.9. The number of amides is 1. The number of nitrogens with one attached hydrogen (secondary N) is 1. The van der Waals surface area contributed by atoms with Crippen molar-refractivity contribution in [3.63, 3.8) is 0 Å². The van der Waals surface area contributed by atoms with Crippen LogP contribution in [0.2, 0.25) is 0 Å². The molecule has 17 heavy (non-hydrogen) atoms. The fraction of sp³-hybridized carbons (Fsp3) is 0.333. The predicted octanol–water partition coefficient (Wildman–Crippen LogP) is 0.883. The predicted molar refractivity (Wildman–Crippen MR) is 62.1 cm³/mol. The number of carboxylic acids is 1. The van der Waals surface area contributed by atoms with Gasteiger partial charge in [0, 0.05) is 0 Å². The van der Waals surface area contributed by atoms with E-state index < -0.39 is 11.9 Å². The summed E-state index contributed by atoms with van der Waals surface area (Å²) in [5.74, 6) is -1.76. The van der Waals surface area contributed by atoms with Crippen molar-refractivity contribution in [3.05, 3.63) is 29.3 Å². The lowest BCUT2D eigenvalue weighted by atomic mass is 10.1. The average Bonchev–Trinajstić information content (AvgIpc) is 2.29. The van der Waals surface area contributed by atoms with Crippen molar-refractivity contribution < 1.29 is 19.4 Å². The van der Waals surface area contributed by atoms with Crippen LogP contribution in [0.5, 0.6) is 5.75 Å². The molecule has 0 aliphatic carbocycles. The lowest BCUT2D eigenvalue weighted by molar-refractivity contribution is -0.150. The van der Waals surface area contributed by atoms with Gasteiger partial charge in [0.2, 0.25) is 0 Å². The van der Waals surface area contributed by atoms with E-state index in [4.69, 9.17) is 9.84 Å². The number of aryl methyl sites for hydroxylation is 1. The number of carbonyl (C=O) groups excluding carboxylic acids is 1. The minimum atomic E-state index is -1.49. The standard InChI is InChI=1S/C12H15NO4/c1-8-4-3-5-10(9(8)2)17-7-6-13-11(14)12(15)16/h3-5H,6-7H2,1-2H3,(H,13,14)(H,15,16). The minimum Gasteiger partial charge on any atom is -0.491 e. The number of hydrogen-bond donors (Lipinski definition) is 2. The maximum atomic E-state index is 10.7. The van der Waals surface area contributed by atoms with Gasteiger partial charge in [0.05, 0.1) is 6.54 Å². The molecule has 0 radical (unpaired) electrons. The third kappa shape index (κ3) is 3.79. The molecule has 92 valence electrons. The molecular weight excluding hydrogens is 222 g/mol. The molecule has 0 bridgehead atoms. The lowest BCUT2D eigenvalue weighted by Gasteiger charge is -2.10. The molecular formula is C12H15NO4. The third-order valence-electron chi connectivity index (χ3n) is 2.39. The van der Waals surface area contributed by atoms with E-state index >= 15 is 0 Å². The van der Waals surface area contributed by atoms with Crippen LogP contribution >= 0.6 is 0 Å². The molecule has 1 aromatic rings. The Morgan fingerprint density at radius 1 is 1.35 bits per heavy atom. The van der Waals surface area contributed by atoms with E-state index in [1.807, 2.05) is 32.0 Å². The Morgan fingerprint density at radius 3 is 2.71 bits per heavy atom. The van der Waals surface area contributed by atoms with E-state index in [0.29, 0.717) is 0 Å². The van der Waals surface area contributed by atoms with Gasteiger partial charge in [-0.3, -0.25) is 4.79 Å². The van der Waals surface area contributed by atoms with Crippen LogP contribution in [0.4, 0.5) is 0 Å². The summed E-state index contributed by atoms with van der Waals surface area (Å²) in [5.41, 5.74) is 2.16. The molecule has 0 aliphatic heterocycles. The first kappa shape index (κ1) is 13.0. The topological polar surface area (TPSA) is 75.6 Å². The lowest BCUT2D eigenvalue weighted by Crippen LogP contribution is -2.33. The van der Waals surface area contributed by atoms with Crippen LogP contribution in [-0.2, 0) is 9.59 Å². The summed E-state index contributed by atoms with van der Waals surface area (Å²) < 4.78 is 5.44. The quantitative estimate of drug-likeness (QED) is 0.602. The van der Waals surface area contributed by atoms with Crippen molar-refractivity contribution in [1.29, 1.82) is 0 Å². The van der Waals surface area contributed by atoms with Gasteiger partial charge in [0.15, 0.2) is 0 Å². The zero-order valence-electron chi connectivity index (χ0n) is 9.82. The normalized spacial score (nSPS) is 9.76. The molecule has 0 spiro atoms. The summed E-state index contributed by atoms with van der Waals surface area (Å²) in [7, 11) is 0. The number of benzene rings is 1. The number of aliphatic carboxylic acids is 1. The molecule has 5 heteroatoms. The first-order chi connectivity index (χ1) is 8.02. The number of carboxylic acid groups (broad SMARTS) is 1. The number of rotatable bonds is 4. The Bertz CT molecular complexity index is 429. The largest absolute Gasteiger partial charge is 0.491 e. The van der Waals surface area contributed by atoms with E-state index in [1.165, 1.54) is 0 Å². The maximum Gasteiger partial charge on any atom is 0.394 e. The van der Waals surface area contributed by atoms with Gasteiger partial charge in [-0.1, -0.05) is 12.1 Å². The van der Waals surface area contributed by atoms with Gasteiger partial charge in [0.1, 0.15) is 12.4 Å². The average molecular weight is 237 g/mol. The number of hydrogen-bond acceptors (Lipinski definition) is 3. The molecule has 0 heterocycles. The van der Waals surface area contributed by atoms with Crippen molar-refractivity contribution in [1.82, 2.24) is 5.32 Å². The molecule has 0 saturated heterocycles. The van der Waals surface area contributed by atoms with Crippen LogP contribution in [0, 0.1) is 13.8 Å². The number of ether oxygens (including phenoxy) is 1. The van der Waals surface area contributed by atoms with Gasteiger partial charge in [0.25, 0.3) is 0 Å². The molecule has 0 saturated carbocycles. The van der Waals surface area contributed by atoms with Crippen LogP contribution in [0.3, 0.4) is 0 Å². The highest BCUT2D eigenvalue weighted by Gasteiger charge is 2.09. The van der Waals surface area contributed by atoms with Crippen molar-refractivity contribution in [2.45, 2.75) is 13.8 Å². The van der Waals surface area contributed by atoms with Gasteiger partial charge in [-0.05, 0) is 31.0 Å². The second kappa shape index (κ2) is 5.89. The van der Waals surface area contributed by atoms with Gasteiger partial charge in [-0.2, -0.15) is 0 Å². The summed E-state index contributed by atoms with van der Waals surface area (Å²) in [6.07, 6.45) is 0. The highest BCUT2D eigenvalue weighted by atomic mass is 16.5. The van der Waals surface area contributed by atoms with Crippen molar-refractivity contribution in [2.75, 3.05) is 13.2 Å². The molecule has 5 nitrogen and oxygen atoms in total. The molecule has 0 fully saturated rings. The molecule has 0 aliphatic rings. The van der Waals surface area contributed by atoms with Crippen LogP contribution in [-0.4, -0.2) is 30.1 Å². The van der Waals surface area contributed by atoms with Gasteiger partial charge < -0.3 is 15.2 Å². The Morgan fingerprint density at radius 2 is 2.06 bits per heavy atom. The zero-order chi connectivity index (χ0) is 12.8. The van der Waals surface area contributed by atoms with E-state index in [0.717, 1.165) is 16.9 Å². The van der Waals surface area contributed by atoms with Crippen LogP contribution in [0.25, 0.3) is 0 Å². The summed E-state index contributed by atoms with van der Waals surface area (Å²) in [6, 6.07) is 5.70. The highest BCUT2D eigenvalue weighted by Crippen LogP contribution is 2.20. The minimum absolute atomic E-state index is 0.165. The van der Waals surface area contributed by atoms with Gasteiger partial charge in [-0.15, -0.1) is 0 Å². The Hall–Kier alpha value is -2.04. The van der Waals surface area contributed by atoms with Gasteiger partial charge >= 0.3 is 11.9 Å². The monoisotopic (exact) mass is 237 g/mol. The smallest absolute Gasteiger partial charge is 0.394 e. The first-order valence-electron chi connectivity index (χ1n) is 5.22. The van der Waals surface area contributed by atoms with Crippen molar-refractivity contribution in [2.24, 2.45) is 0 Å². The van der Waals surface area contributed by atoms with E-state index in [-0.39, 0.29) is 13.2 Å². The van der Waals surface area contributed by atoms with Crippen LogP contribution in [0.1, 0.15) is 11.1 Å². The maximum absolute atomic E-state index is 10.7. The Labute approximate surface area is 99.4 Å². The SMILES string of the molecule is Cc1cccc(OCCNC(=O)C(=O)O)c1C. The molecule has 0 aromatic heterocycles. The Kier molecular flexibility index (Phi) is 4.51. The summed E-state index contributed by atoms with van der Waals surface area (Å²) >= 11 is 0. The van der Waals surface area contributed by atoms with E-state index in [1.54, 1.807) is 0 Å². The molecule has 1 rings (SSSR count). The fourth-order valence-corrected chi connectivity index (χ4v) is 1.28. The van der Waals surface area contributed by atoms with Crippen LogP contribution in [0.15, 0.2) is 18.2 Å². The third-order valence-corrected chi connectivity index (χ3v) is 2.39. The molecule has 0 atom stereocenters. The Balaban J connectivity index is 2.39. The van der Waals surface area contributed by atoms with Crippen molar-refractivity contribution in [3.8, 4) is 5.75 Å². The summed E-state index contributed by atoms with van der Waals surface area (Å²) in [6.45, 7) is 4.33. The second-order valence-electron chi connectivity index (χ2n) is 3.61. The molecule has 0 unspecified atom stereocenters. The summed E-state index contributed by atoms with van der Waals surface area (Å²) in [5, 5.41) is 10.5. The van der Waals surface area contributed by atoms with Crippen LogP contribution < -0.4 is 10.1 Å². The first-order valence-corrected chi connectivity index (χ1v) is 5.22. The van der Waals surface area contributed by atoms with Gasteiger partial charge in [-0.25, -0.2) is 4.79 Å². The molecule has 1 aromatic carbocycles. The second-order valence-corrected chi connectivity index (χ2v) is 3.61. The molecule has 2 N–H and O–H groups in total. The fourth-order valence-electron chi connectivity index (χ4n) is 1.28. The number of carbonyl (C=O) groups is 2. The molecule has 1 amide bonds. The highest BCUT2D eigenvalue weighted by molar-refractivity contribution is 6.31. The van der Waals surface area contributed by atoms with E-state index in [9.17, 15) is 9.59 Å². The zero-order valence-corrected chi connectivity index (χ0v) is 9.82.